The molecule has 0 amide bonds. The number of anilines is 12. The van der Waals surface area contributed by atoms with E-state index in [4.69, 9.17) is 0 Å². The first-order valence-corrected chi connectivity index (χ1v) is 28.8. The Kier molecular flexibility index (Phi) is 14.1. The van der Waals surface area contributed by atoms with Gasteiger partial charge in [-0.25, -0.2) is 0 Å². The minimum atomic E-state index is -0.368. The van der Waals surface area contributed by atoms with Crippen LogP contribution >= 0.6 is 0 Å². The number of non-ortho nitro benzene ring substituents is 2. The predicted molar refractivity (Wildman–Crippen MR) is 358 cm³/mol. The molecule has 10 nitrogen and oxygen atoms in total. The van der Waals surface area contributed by atoms with Crippen molar-refractivity contribution in [2.75, 3.05) is 19.6 Å². The minimum Gasteiger partial charge on any atom is -0.310 e. The second-order valence-electron chi connectivity index (χ2n) is 21.4. The molecule has 0 aliphatic carbocycles. The van der Waals surface area contributed by atoms with E-state index in [0.29, 0.717) is 6.42 Å². The Morgan fingerprint density at radius 1 is 0.230 bits per heavy atom. The van der Waals surface area contributed by atoms with Crippen molar-refractivity contribution in [3.05, 3.63) is 347 Å². The van der Waals surface area contributed by atoms with Crippen LogP contribution < -0.4 is 19.6 Å². The smallest absolute Gasteiger partial charge is 0.269 e. The summed E-state index contributed by atoms with van der Waals surface area (Å²) < 4.78 is 0. The van der Waals surface area contributed by atoms with Crippen molar-refractivity contribution in [1.29, 1.82) is 0 Å². The van der Waals surface area contributed by atoms with Crippen molar-refractivity contribution in [3.63, 3.8) is 0 Å². The number of hydrogen-bond acceptors (Lipinski definition) is 8. The Bertz CT molecular complexity index is 4520. The number of rotatable bonds is 16. The molecule has 10 heteroatoms. The Hall–Kier alpha value is -11.9. The maximum absolute atomic E-state index is 11.7. The average Bonchev–Trinajstić information content (AvgIpc) is 3.71. The Labute approximate surface area is 502 Å². The van der Waals surface area contributed by atoms with Crippen LogP contribution in [0.4, 0.5) is 79.6 Å². The van der Waals surface area contributed by atoms with Crippen molar-refractivity contribution in [2.45, 2.75) is 6.42 Å². The molecule has 0 saturated carbocycles. The molecular formula is C77H54N6O4. The van der Waals surface area contributed by atoms with Gasteiger partial charge in [-0.3, -0.25) is 20.2 Å². The van der Waals surface area contributed by atoms with E-state index in [1.807, 2.05) is 60.7 Å². The topological polar surface area (TPSA) is 99.2 Å². The molecule has 0 fully saturated rings. The average molecular weight is 1130 g/mol. The lowest BCUT2D eigenvalue weighted by Crippen LogP contribution is -2.13. The van der Waals surface area contributed by atoms with E-state index in [9.17, 15) is 20.2 Å². The lowest BCUT2D eigenvalue weighted by Gasteiger charge is -2.29. The zero-order chi connectivity index (χ0) is 58.8. The molecular weight excluding hydrogens is 1070 g/mol. The van der Waals surface area contributed by atoms with Gasteiger partial charge in [-0.1, -0.05) is 170 Å². The van der Waals surface area contributed by atoms with Crippen LogP contribution in [-0.4, -0.2) is 9.85 Å². The van der Waals surface area contributed by atoms with Crippen LogP contribution in [0.15, 0.2) is 315 Å². The largest absolute Gasteiger partial charge is 0.310 e. The predicted octanol–water partition coefficient (Wildman–Crippen LogP) is 21.6. The van der Waals surface area contributed by atoms with Crippen molar-refractivity contribution >= 4 is 123 Å². The third kappa shape index (κ3) is 10.4. The van der Waals surface area contributed by atoms with E-state index in [0.717, 1.165) is 111 Å². The molecule has 87 heavy (non-hydrogen) atoms. The molecule has 0 aromatic heterocycles. The minimum absolute atomic E-state index is 0.0345. The lowest BCUT2D eigenvalue weighted by molar-refractivity contribution is -0.385. The first kappa shape index (κ1) is 53.1. The third-order valence-electron chi connectivity index (χ3n) is 16.2. The van der Waals surface area contributed by atoms with Gasteiger partial charge < -0.3 is 19.6 Å². The van der Waals surface area contributed by atoms with Crippen molar-refractivity contribution in [3.8, 4) is 0 Å². The zero-order valence-corrected chi connectivity index (χ0v) is 47.0. The van der Waals surface area contributed by atoms with Gasteiger partial charge in [0.05, 0.1) is 32.6 Å². The van der Waals surface area contributed by atoms with E-state index >= 15 is 0 Å². The quantitative estimate of drug-likeness (QED) is 0.0697. The van der Waals surface area contributed by atoms with Crippen LogP contribution in [0.5, 0.6) is 0 Å². The SMILES string of the molecule is O=[N+]([O-])c1ccc(N(c2ccc(N(c3ccc(Cc4ccc(N(c5ccc(N(c6ccc([N+](=O)[O-])cc6)c6cccc7ccccc67)cc5)c5cccc6ccccc56)cc4)cc3)c3cccc4ccccc34)cc2)c2cccc3ccccc23)cc1. The van der Waals surface area contributed by atoms with Gasteiger partial charge in [0.15, 0.2) is 0 Å². The van der Waals surface area contributed by atoms with Crippen LogP contribution in [0, 0.1) is 20.2 Å². The lowest BCUT2D eigenvalue weighted by atomic mass is 10.0. The summed E-state index contributed by atoms with van der Waals surface area (Å²) in [5, 5.41) is 32.3. The van der Waals surface area contributed by atoms with Gasteiger partial charge in [0.1, 0.15) is 0 Å². The molecule has 0 radical (unpaired) electrons. The van der Waals surface area contributed by atoms with E-state index in [1.165, 1.54) is 11.1 Å². The first-order chi connectivity index (χ1) is 42.8. The van der Waals surface area contributed by atoms with Gasteiger partial charge in [-0.15, -0.1) is 0 Å². The summed E-state index contributed by atoms with van der Waals surface area (Å²) in [5.41, 5.74) is 13.8. The Morgan fingerprint density at radius 2 is 0.425 bits per heavy atom. The molecule has 0 aliphatic heterocycles. The van der Waals surface area contributed by atoms with Gasteiger partial charge in [0.2, 0.25) is 0 Å². The molecule has 0 saturated heterocycles. The van der Waals surface area contributed by atoms with Crippen molar-refractivity contribution in [2.24, 2.45) is 0 Å². The first-order valence-electron chi connectivity index (χ1n) is 28.8. The standard InChI is InChI=1S/C77H54N6O4/c84-82(85)68-49-45-66(46-50-68)80(76-27-11-19-58-15-3-7-23-72(58)76)64-41-37-62(38-42-64)78(74-25-9-17-56-13-1-5-21-70(56)74)60-33-29-54(30-34-60)53-55-31-35-61(36-32-55)79(75-26-10-18-57-14-2-6-22-71(57)75)63-39-43-65(44-40-63)81(67-47-51-69(52-48-67)83(86)87)77-28-12-20-59-16-4-8-24-73(59)77/h1-52H,53H2. The van der Waals surface area contributed by atoms with Crippen molar-refractivity contribution in [1.82, 2.24) is 0 Å². The van der Waals surface area contributed by atoms with Crippen LogP contribution in [0.2, 0.25) is 0 Å². The van der Waals surface area contributed by atoms with Gasteiger partial charge in [-0.2, -0.15) is 0 Å². The third-order valence-corrected chi connectivity index (χ3v) is 16.2. The number of fused-ring (bicyclic) bond motifs is 4. The van der Waals surface area contributed by atoms with E-state index in [1.54, 1.807) is 24.3 Å². The number of nitrogens with zero attached hydrogens (tertiary/aromatic N) is 6. The molecule has 0 bridgehead atoms. The summed E-state index contributed by atoms with van der Waals surface area (Å²) in [6.07, 6.45) is 0.714. The molecule has 0 spiro atoms. The molecule has 0 N–H and O–H groups in total. The maximum Gasteiger partial charge on any atom is 0.269 e. The Balaban J connectivity index is 0.786. The fourth-order valence-corrected chi connectivity index (χ4v) is 12.0. The highest BCUT2D eigenvalue weighted by atomic mass is 16.6. The second kappa shape index (κ2) is 23.0. The fourth-order valence-electron chi connectivity index (χ4n) is 12.0. The Morgan fingerprint density at radius 3 is 0.655 bits per heavy atom. The number of nitro groups is 2. The van der Waals surface area contributed by atoms with Crippen LogP contribution in [0.1, 0.15) is 11.1 Å². The highest BCUT2D eigenvalue weighted by Crippen LogP contribution is 2.46. The van der Waals surface area contributed by atoms with E-state index < -0.39 is 0 Å². The van der Waals surface area contributed by atoms with Crippen molar-refractivity contribution < 1.29 is 9.85 Å². The summed E-state index contributed by atoms with van der Waals surface area (Å²) in [4.78, 5) is 31.7. The molecule has 14 aromatic carbocycles. The number of hydrogen-bond donors (Lipinski definition) is 0. The van der Waals surface area contributed by atoms with Crippen LogP contribution in [0.25, 0.3) is 43.1 Å². The van der Waals surface area contributed by atoms with Gasteiger partial charge in [0, 0.05) is 91.3 Å². The monoisotopic (exact) mass is 1130 g/mol. The van der Waals surface area contributed by atoms with Gasteiger partial charge in [0.25, 0.3) is 11.4 Å². The number of nitro benzene ring substituents is 2. The molecule has 0 aliphatic rings. The summed E-state index contributed by atoms with van der Waals surface area (Å²) in [6.45, 7) is 0. The molecule has 0 heterocycles. The molecule has 14 aromatic rings. The molecule has 0 atom stereocenters. The van der Waals surface area contributed by atoms with Crippen LogP contribution in [0.3, 0.4) is 0 Å². The van der Waals surface area contributed by atoms with Gasteiger partial charge in [-0.05, 0) is 160 Å². The fraction of sp³-hybridized carbons (Fsp3) is 0.0130. The maximum atomic E-state index is 11.7. The molecule has 14 rings (SSSR count). The normalized spacial score (nSPS) is 11.2. The molecule has 416 valence electrons. The summed E-state index contributed by atoms with van der Waals surface area (Å²) in [7, 11) is 0. The van der Waals surface area contributed by atoms with Gasteiger partial charge >= 0.3 is 0 Å². The highest BCUT2D eigenvalue weighted by Gasteiger charge is 2.23. The summed E-state index contributed by atoms with van der Waals surface area (Å²) >= 11 is 0. The molecule has 0 unspecified atom stereocenters. The highest BCUT2D eigenvalue weighted by molar-refractivity contribution is 6.03. The summed E-state index contributed by atoms with van der Waals surface area (Å²) in [6, 6.07) is 107. The second-order valence-corrected chi connectivity index (χ2v) is 21.4. The van der Waals surface area contributed by atoms with E-state index in [2.05, 4.69) is 250 Å². The zero-order valence-electron chi connectivity index (χ0n) is 47.0. The van der Waals surface area contributed by atoms with E-state index in [-0.39, 0.29) is 21.2 Å². The van der Waals surface area contributed by atoms with Crippen LogP contribution in [-0.2, 0) is 6.42 Å². The summed E-state index contributed by atoms with van der Waals surface area (Å²) in [5.74, 6) is 0. The number of benzene rings is 14.